The molecule has 1 N–H and O–H groups in total. The van der Waals surface area contributed by atoms with Gasteiger partial charge < -0.3 is 19.7 Å². The molecule has 1 aromatic heterocycles. The highest BCUT2D eigenvalue weighted by atomic mass is 16.5. The summed E-state index contributed by atoms with van der Waals surface area (Å²) >= 11 is 0. The van der Waals surface area contributed by atoms with Crippen LogP contribution >= 0.6 is 0 Å². The number of hydrogen-bond donors (Lipinski definition) is 1. The molecule has 3 aliphatic rings. The van der Waals surface area contributed by atoms with Gasteiger partial charge in [-0.15, -0.1) is 0 Å². The minimum atomic E-state index is -0.0967. The van der Waals surface area contributed by atoms with Crippen LogP contribution in [0, 0.1) is 11.8 Å². The Kier molecular flexibility index (Phi) is 4.85. The summed E-state index contributed by atoms with van der Waals surface area (Å²) in [5.41, 5.74) is -0.0967. The molecule has 1 aromatic rings. The number of nitrogens with one attached hydrogen (secondary N) is 1. The lowest BCUT2D eigenvalue weighted by atomic mass is 9.82. The molecule has 4 heterocycles. The van der Waals surface area contributed by atoms with Gasteiger partial charge in [-0.25, -0.2) is 9.97 Å². The van der Waals surface area contributed by atoms with Gasteiger partial charge in [-0.05, 0) is 37.7 Å². The fourth-order valence-electron chi connectivity index (χ4n) is 3.96. The fraction of sp³-hybridized carbons (Fsp3) is 0.722. The van der Waals surface area contributed by atoms with Gasteiger partial charge in [-0.2, -0.15) is 0 Å². The van der Waals surface area contributed by atoms with E-state index in [0.29, 0.717) is 31.0 Å². The Morgan fingerprint density at radius 1 is 1.24 bits per heavy atom. The average Bonchev–Trinajstić information content (AvgIpc) is 2.66. The van der Waals surface area contributed by atoms with Gasteiger partial charge in [0.25, 0.3) is 0 Å². The Balaban J connectivity index is 1.20. The van der Waals surface area contributed by atoms with E-state index in [2.05, 4.69) is 15.3 Å². The molecule has 0 saturated carbocycles. The van der Waals surface area contributed by atoms with Crippen LogP contribution in [0.4, 0.5) is 5.95 Å². The lowest BCUT2D eigenvalue weighted by molar-refractivity contribution is -0.191. The quantitative estimate of drug-likeness (QED) is 0.886. The zero-order valence-corrected chi connectivity index (χ0v) is 14.5. The number of ether oxygens (including phenoxy) is 2. The molecule has 3 aliphatic heterocycles. The Hall–Kier alpha value is -1.73. The number of amides is 1. The van der Waals surface area contributed by atoms with Gasteiger partial charge in [0.15, 0.2) is 0 Å². The van der Waals surface area contributed by atoms with Crippen molar-refractivity contribution < 1.29 is 14.3 Å². The molecular weight excluding hydrogens is 320 g/mol. The van der Waals surface area contributed by atoms with Gasteiger partial charge in [0, 0.05) is 38.1 Å². The maximum atomic E-state index is 12.5. The van der Waals surface area contributed by atoms with E-state index in [1.165, 1.54) is 0 Å². The normalized spacial score (nSPS) is 26.2. The van der Waals surface area contributed by atoms with Crippen LogP contribution in [0.2, 0.25) is 0 Å². The standard InChI is InChI=1S/C18H26N4O3/c23-16(15-3-8-24-9-4-15)22-12-18(13-22)5-2-14(11-25-18)10-21-17-19-6-1-7-20-17/h1,6-7,14-15H,2-5,8-13H2,(H,19,20,21)/t14-/m0/s1. The lowest BCUT2D eigenvalue weighted by Gasteiger charge is -2.53. The van der Waals surface area contributed by atoms with E-state index in [1.807, 2.05) is 11.0 Å². The number of likely N-dealkylation sites (tertiary alicyclic amines) is 1. The van der Waals surface area contributed by atoms with Crippen LogP contribution in [0.1, 0.15) is 25.7 Å². The predicted octanol–water partition coefficient (Wildman–Crippen LogP) is 1.32. The summed E-state index contributed by atoms with van der Waals surface area (Å²) in [5, 5.41) is 3.27. The topological polar surface area (TPSA) is 76.6 Å². The highest BCUT2D eigenvalue weighted by Crippen LogP contribution is 2.37. The molecule has 7 nitrogen and oxygen atoms in total. The zero-order chi connectivity index (χ0) is 17.1. The third-order valence-electron chi connectivity index (χ3n) is 5.59. The average molecular weight is 346 g/mol. The van der Waals surface area contributed by atoms with Gasteiger partial charge in [-0.1, -0.05) is 0 Å². The third kappa shape index (κ3) is 3.77. The first-order valence-electron chi connectivity index (χ1n) is 9.25. The number of nitrogens with zero attached hydrogens (tertiary/aromatic N) is 3. The maximum Gasteiger partial charge on any atom is 0.226 e. The molecule has 3 saturated heterocycles. The SMILES string of the molecule is O=C(C1CCOCC1)N1CC2(CC[C@@H](CNc3ncccn3)CO2)C1. The van der Waals surface area contributed by atoms with Gasteiger partial charge in [0.2, 0.25) is 11.9 Å². The third-order valence-corrected chi connectivity index (χ3v) is 5.59. The summed E-state index contributed by atoms with van der Waals surface area (Å²) in [7, 11) is 0. The molecule has 0 radical (unpaired) electrons. The van der Waals surface area contributed by atoms with Crippen LogP contribution in [-0.4, -0.2) is 65.8 Å². The number of rotatable bonds is 4. The second-order valence-electron chi connectivity index (χ2n) is 7.43. The van der Waals surface area contributed by atoms with Crippen LogP contribution in [0.5, 0.6) is 0 Å². The summed E-state index contributed by atoms with van der Waals surface area (Å²) in [4.78, 5) is 22.9. The molecule has 1 atom stereocenters. The largest absolute Gasteiger partial charge is 0.381 e. The van der Waals surface area contributed by atoms with Crippen molar-refractivity contribution in [2.75, 3.05) is 44.8 Å². The molecule has 25 heavy (non-hydrogen) atoms. The van der Waals surface area contributed by atoms with Crippen LogP contribution in [0.25, 0.3) is 0 Å². The van der Waals surface area contributed by atoms with E-state index in [1.54, 1.807) is 12.4 Å². The van der Waals surface area contributed by atoms with Crippen LogP contribution < -0.4 is 5.32 Å². The summed E-state index contributed by atoms with van der Waals surface area (Å²) in [6.45, 7) is 4.50. The van der Waals surface area contributed by atoms with Gasteiger partial charge in [0.05, 0.1) is 19.7 Å². The molecule has 1 amide bonds. The van der Waals surface area contributed by atoms with Crippen molar-refractivity contribution in [1.29, 1.82) is 0 Å². The summed E-state index contributed by atoms with van der Waals surface area (Å²) in [5.74, 6) is 1.58. The van der Waals surface area contributed by atoms with Gasteiger partial charge in [0.1, 0.15) is 5.60 Å². The maximum absolute atomic E-state index is 12.5. The fourth-order valence-corrected chi connectivity index (χ4v) is 3.96. The van der Waals surface area contributed by atoms with Crippen molar-refractivity contribution in [3.8, 4) is 0 Å². The summed E-state index contributed by atoms with van der Waals surface area (Å²) in [6.07, 6.45) is 7.32. The van der Waals surface area contributed by atoms with E-state index in [-0.39, 0.29) is 11.5 Å². The number of anilines is 1. The highest BCUT2D eigenvalue weighted by Gasteiger charge is 2.49. The van der Waals surface area contributed by atoms with Crippen molar-refractivity contribution in [3.05, 3.63) is 18.5 Å². The molecule has 0 aliphatic carbocycles. The van der Waals surface area contributed by atoms with Crippen LogP contribution in [0.15, 0.2) is 18.5 Å². The van der Waals surface area contributed by atoms with E-state index in [0.717, 1.165) is 51.9 Å². The molecule has 0 unspecified atom stereocenters. The first-order valence-corrected chi connectivity index (χ1v) is 9.25. The molecule has 136 valence electrons. The van der Waals surface area contributed by atoms with Gasteiger partial charge >= 0.3 is 0 Å². The molecular formula is C18H26N4O3. The molecule has 4 rings (SSSR count). The Bertz CT molecular complexity index is 575. The van der Waals surface area contributed by atoms with E-state index in [4.69, 9.17) is 9.47 Å². The highest BCUT2D eigenvalue weighted by molar-refractivity contribution is 5.80. The Labute approximate surface area is 148 Å². The van der Waals surface area contributed by atoms with Crippen molar-refractivity contribution in [2.45, 2.75) is 31.3 Å². The lowest BCUT2D eigenvalue weighted by Crippen LogP contribution is -2.67. The molecule has 1 spiro atoms. The minimum Gasteiger partial charge on any atom is -0.381 e. The minimum absolute atomic E-state index is 0.0967. The van der Waals surface area contributed by atoms with Crippen molar-refractivity contribution in [3.63, 3.8) is 0 Å². The number of carbonyl (C=O) groups excluding carboxylic acids is 1. The molecule has 7 heteroatoms. The number of carbonyl (C=O) groups is 1. The van der Waals surface area contributed by atoms with E-state index < -0.39 is 0 Å². The zero-order valence-electron chi connectivity index (χ0n) is 14.5. The second-order valence-corrected chi connectivity index (χ2v) is 7.43. The van der Waals surface area contributed by atoms with E-state index >= 15 is 0 Å². The predicted molar refractivity (Wildman–Crippen MR) is 92.1 cm³/mol. The molecule has 0 aromatic carbocycles. The summed E-state index contributed by atoms with van der Waals surface area (Å²) in [6, 6.07) is 1.81. The van der Waals surface area contributed by atoms with Gasteiger partial charge in [-0.3, -0.25) is 4.79 Å². The molecule has 0 bridgehead atoms. The number of aromatic nitrogens is 2. The van der Waals surface area contributed by atoms with Crippen molar-refractivity contribution in [2.24, 2.45) is 11.8 Å². The van der Waals surface area contributed by atoms with Crippen LogP contribution in [0.3, 0.4) is 0 Å². The monoisotopic (exact) mass is 346 g/mol. The first-order chi connectivity index (χ1) is 12.2. The smallest absolute Gasteiger partial charge is 0.226 e. The van der Waals surface area contributed by atoms with Crippen molar-refractivity contribution >= 4 is 11.9 Å². The van der Waals surface area contributed by atoms with Crippen LogP contribution in [-0.2, 0) is 14.3 Å². The summed E-state index contributed by atoms with van der Waals surface area (Å²) < 4.78 is 11.5. The van der Waals surface area contributed by atoms with E-state index in [9.17, 15) is 4.79 Å². The second kappa shape index (κ2) is 7.25. The Morgan fingerprint density at radius 2 is 2.00 bits per heavy atom. The number of hydrogen-bond acceptors (Lipinski definition) is 6. The first kappa shape index (κ1) is 16.7. The molecule has 3 fully saturated rings. The Morgan fingerprint density at radius 3 is 2.68 bits per heavy atom. The van der Waals surface area contributed by atoms with Crippen molar-refractivity contribution in [1.82, 2.24) is 14.9 Å².